The second-order valence-corrected chi connectivity index (χ2v) is 9.45. The summed E-state index contributed by atoms with van der Waals surface area (Å²) in [5.74, 6) is 0.564. The Hall–Kier alpha value is -1.08. The van der Waals surface area contributed by atoms with Gasteiger partial charge in [-0.15, -0.1) is 0 Å². The number of carbonyl (C=O) groups is 1. The predicted octanol–water partition coefficient (Wildman–Crippen LogP) is 4.43. The lowest BCUT2D eigenvalue weighted by Crippen LogP contribution is -2.51. The molecule has 1 amide bonds. The van der Waals surface area contributed by atoms with Gasteiger partial charge in [-0.3, -0.25) is 4.79 Å². The van der Waals surface area contributed by atoms with Gasteiger partial charge in [0.15, 0.2) is 0 Å². The molecule has 4 nitrogen and oxygen atoms in total. The van der Waals surface area contributed by atoms with Gasteiger partial charge >= 0.3 is 0 Å². The number of nitrogens with two attached hydrogens (primary N) is 1. The Balaban J connectivity index is 2.03. The van der Waals surface area contributed by atoms with Gasteiger partial charge in [-0.05, 0) is 85.9 Å². The molecular weight excluding hydrogens is 449 g/mol. The van der Waals surface area contributed by atoms with E-state index in [1.807, 2.05) is 4.90 Å². The molecule has 1 fully saturated rings. The number of rotatable bonds is 7. The highest BCUT2D eigenvalue weighted by Crippen LogP contribution is 2.25. The molecule has 0 bridgehead atoms. The van der Waals surface area contributed by atoms with E-state index in [1.165, 1.54) is 14.8 Å². The number of benzene rings is 1. The van der Waals surface area contributed by atoms with Crippen molar-refractivity contribution in [1.29, 1.82) is 0 Å². The van der Waals surface area contributed by atoms with Gasteiger partial charge in [0, 0.05) is 34.9 Å². The molecule has 0 aliphatic carbocycles. The van der Waals surface area contributed by atoms with E-state index < -0.39 is 0 Å². The summed E-state index contributed by atoms with van der Waals surface area (Å²) in [4.78, 5) is 17.1. The number of halogens is 1. The van der Waals surface area contributed by atoms with Crippen LogP contribution in [0.15, 0.2) is 35.9 Å². The molecule has 150 valence electrons. The first-order chi connectivity index (χ1) is 12.8. The monoisotopic (exact) mass is 483 g/mol. The maximum Gasteiger partial charge on any atom is 0.239 e. The Kier molecular flexibility index (Phi) is 8.61. The van der Waals surface area contributed by atoms with Crippen molar-refractivity contribution >= 4 is 34.2 Å². The Labute approximate surface area is 178 Å². The Bertz CT molecular complexity index is 629. The SMILES string of the molecule is CC(C)=CCN(c1ccc(I)cc1)C1CCN(C(=O)C(N)CC(C)C)CC1. The van der Waals surface area contributed by atoms with Crippen LogP contribution in [0, 0.1) is 9.49 Å². The molecule has 1 aromatic carbocycles. The molecule has 1 aromatic rings. The van der Waals surface area contributed by atoms with Crippen molar-refractivity contribution in [2.45, 2.75) is 59.0 Å². The highest BCUT2D eigenvalue weighted by Gasteiger charge is 2.29. The highest BCUT2D eigenvalue weighted by atomic mass is 127. The predicted molar refractivity (Wildman–Crippen MR) is 123 cm³/mol. The maximum absolute atomic E-state index is 12.6. The van der Waals surface area contributed by atoms with E-state index in [2.05, 4.69) is 85.5 Å². The van der Waals surface area contributed by atoms with Gasteiger partial charge < -0.3 is 15.5 Å². The lowest BCUT2D eigenvalue weighted by molar-refractivity contribution is -0.134. The summed E-state index contributed by atoms with van der Waals surface area (Å²) < 4.78 is 1.25. The molecule has 1 unspecified atom stereocenters. The van der Waals surface area contributed by atoms with Crippen LogP contribution in [0.4, 0.5) is 5.69 Å². The van der Waals surface area contributed by atoms with Crippen LogP contribution in [-0.4, -0.2) is 42.5 Å². The van der Waals surface area contributed by atoms with E-state index in [1.54, 1.807) is 0 Å². The average molecular weight is 483 g/mol. The van der Waals surface area contributed by atoms with Gasteiger partial charge in [-0.2, -0.15) is 0 Å². The maximum atomic E-state index is 12.6. The highest BCUT2D eigenvalue weighted by molar-refractivity contribution is 14.1. The van der Waals surface area contributed by atoms with Crippen LogP contribution in [0.25, 0.3) is 0 Å². The van der Waals surface area contributed by atoms with Crippen LogP contribution in [0.1, 0.15) is 47.0 Å². The Morgan fingerprint density at radius 1 is 1.26 bits per heavy atom. The molecular formula is C22H34IN3O. The van der Waals surface area contributed by atoms with Crippen molar-refractivity contribution in [3.05, 3.63) is 39.5 Å². The van der Waals surface area contributed by atoms with Crippen LogP contribution in [0.5, 0.6) is 0 Å². The zero-order valence-electron chi connectivity index (χ0n) is 17.1. The van der Waals surface area contributed by atoms with E-state index in [-0.39, 0.29) is 11.9 Å². The lowest BCUT2D eigenvalue weighted by atomic mass is 9.99. The summed E-state index contributed by atoms with van der Waals surface area (Å²) in [5.41, 5.74) is 8.71. The van der Waals surface area contributed by atoms with Crippen molar-refractivity contribution in [2.75, 3.05) is 24.5 Å². The molecule has 2 N–H and O–H groups in total. The van der Waals surface area contributed by atoms with Crippen molar-refractivity contribution in [3.8, 4) is 0 Å². The summed E-state index contributed by atoms with van der Waals surface area (Å²) in [5, 5.41) is 0. The van der Waals surface area contributed by atoms with Crippen LogP contribution in [-0.2, 0) is 4.79 Å². The van der Waals surface area contributed by atoms with Crippen molar-refractivity contribution < 1.29 is 4.79 Å². The van der Waals surface area contributed by atoms with Crippen molar-refractivity contribution in [3.63, 3.8) is 0 Å². The molecule has 27 heavy (non-hydrogen) atoms. The zero-order valence-corrected chi connectivity index (χ0v) is 19.3. The number of hydrogen-bond donors (Lipinski definition) is 1. The summed E-state index contributed by atoms with van der Waals surface area (Å²) in [6.45, 7) is 11.0. The number of amides is 1. The number of likely N-dealkylation sites (tertiary alicyclic amines) is 1. The number of nitrogens with zero attached hydrogens (tertiary/aromatic N) is 2. The number of anilines is 1. The minimum absolute atomic E-state index is 0.118. The third-order valence-electron chi connectivity index (χ3n) is 5.11. The fourth-order valence-corrected chi connectivity index (χ4v) is 3.98. The van der Waals surface area contributed by atoms with E-state index in [9.17, 15) is 4.79 Å². The first-order valence-electron chi connectivity index (χ1n) is 9.98. The second kappa shape index (κ2) is 10.5. The van der Waals surface area contributed by atoms with E-state index in [0.29, 0.717) is 12.0 Å². The molecule has 1 atom stereocenters. The van der Waals surface area contributed by atoms with Gasteiger partial charge in [-0.1, -0.05) is 25.5 Å². The molecule has 1 aliphatic rings. The Morgan fingerprint density at radius 2 is 1.85 bits per heavy atom. The number of carbonyl (C=O) groups excluding carboxylic acids is 1. The normalized spacial score (nSPS) is 16.3. The summed E-state index contributed by atoms with van der Waals surface area (Å²) in [6.07, 6.45) is 5.02. The molecule has 0 saturated carbocycles. The summed E-state index contributed by atoms with van der Waals surface area (Å²) in [6, 6.07) is 8.82. The lowest BCUT2D eigenvalue weighted by Gasteiger charge is -2.40. The largest absolute Gasteiger partial charge is 0.365 e. The van der Waals surface area contributed by atoms with Crippen LogP contribution in [0.2, 0.25) is 0 Å². The van der Waals surface area contributed by atoms with Gasteiger partial charge in [0.25, 0.3) is 0 Å². The molecule has 1 heterocycles. The molecule has 0 spiro atoms. The molecule has 2 rings (SSSR count). The molecule has 0 aromatic heterocycles. The second-order valence-electron chi connectivity index (χ2n) is 8.20. The Morgan fingerprint density at radius 3 is 2.37 bits per heavy atom. The van der Waals surface area contributed by atoms with Crippen LogP contribution < -0.4 is 10.6 Å². The van der Waals surface area contributed by atoms with Crippen LogP contribution in [0.3, 0.4) is 0 Å². The van der Waals surface area contributed by atoms with E-state index in [4.69, 9.17) is 5.73 Å². The van der Waals surface area contributed by atoms with Gasteiger partial charge in [0.1, 0.15) is 0 Å². The minimum atomic E-state index is -0.362. The topological polar surface area (TPSA) is 49.6 Å². The van der Waals surface area contributed by atoms with Crippen molar-refractivity contribution in [2.24, 2.45) is 11.7 Å². The fraction of sp³-hybridized carbons (Fsp3) is 0.591. The third kappa shape index (κ3) is 6.79. The fourth-order valence-electron chi connectivity index (χ4n) is 3.62. The van der Waals surface area contributed by atoms with E-state index in [0.717, 1.165) is 38.9 Å². The molecule has 0 radical (unpaired) electrons. The molecule has 5 heteroatoms. The summed E-state index contributed by atoms with van der Waals surface area (Å²) >= 11 is 2.34. The number of allylic oxidation sites excluding steroid dienone is 1. The molecule has 1 saturated heterocycles. The van der Waals surface area contributed by atoms with Crippen LogP contribution >= 0.6 is 22.6 Å². The summed E-state index contributed by atoms with van der Waals surface area (Å²) in [7, 11) is 0. The minimum Gasteiger partial charge on any atom is -0.365 e. The smallest absolute Gasteiger partial charge is 0.239 e. The third-order valence-corrected chi connectivity index (χ3v) is 5.83. The van der Waals surface area contributed by atoms with Gasteiger partial charge in [0.05, 0.1) is 6.04 Å². The number of hydrogen-bond acceptors (Lipinski definition) is 3. The number of piperidine rings is 1. The first-order valence-corrected chi connectivity index (χ1v) is 11.1. The van der Waals surface area contributed by atoms with Gasteiger partial charge in [0.2, 0.25) is 5.91 Å². The van der Waals surface area contributed by atoms with Gasteiger partial charge in [-0.25, -0.2) is 0 Å². The average Bonchev–Trinajstić information content (AvgIpc) is 2.62. The molecule has 1 aliphatic heterocycles. The first kappa shape index (κ1) is 22.2. The van der Waals surface area contributed by atoms with Crippen molar-refractivity contribution in [1.82, 2.24) is 4.90 Å². The zero-order chi connectivity index (χ0) is 20.0. The van der Waals surface area contributed by atoms with E-state index >= 15 is 0 Å². The quantitative estimate of drug-likeness (QED) is 0.461. The standard InChI is InChI=1S/C22H34IN3O/c1-16(2)9-14-26(19-7-5-18(23)6-8-19)20-10-12-25(13-11-20)22(27)21(24)15-17(3)4/h5-9,17,20-21H,10-15,24H2,1-4H3.